The lowest BCUT2D eigenvalue weighted by Gasteiger charge is -2.33. The normalized spacial score (nSPS) is 17.6. The molecule has 1 atom stereocenters. The van der Waals surface area contributed by atoms with Crippen molar-refractivity contribution in [2.24, 2.45) is 0 Å². The second kappa shape index (κ2) is 9.21. The topological polar surface area (TPSA) is 75.7 Å². The third-order valence-electron chi connectivity index (χ3n) is 4.99. The highest BCUT2D eigenvalue weighted by atomic mass is 32.2. The van der Waals surface area contributed by atoms with E-state index in [1.807, 2.05) is 59.5 Å². The number of hydrogen-bond acceptors (Lipinski definition) is 5. The number of hydrogen-bond donors (Lipinski definition) is 1. The van der Waals surface area contributed by atoms with Gasteiger partial charge in [-0.1, -0.05) is 48.5 Å². The van der Waals surface area contributed by atoms with Crippen molar-refractivity contribution in [2.75, 3.05) is 38.2 Å². The van der Waals surface area contributed by atoms with E-state index in [0.717, 1.165) is 16.9 Å². The number of carbonyl (C=O) groups excluding carboxylic acids is 1. The number of methoxy groups -OCH3 is 1. The summed E-state index contributed by atoms with van der Waals surface area (Å²) in [5.74, 6) is 0.869. The molecule has 0 aromatic heterocycles. The number of amides is 1. The van der Waals surface area contributed by atoms with Gasteiger partial charge in [-0.25, -0.2) is 8.42 Å². The Morgan fingerprint density at radius 1 is 1.07 bits per heavy atom. The molecule has 7 heteroatoms. The fourth-order valence-electron chi connectivity index (χ4n) is 3.47. The van der Waals surface area contributed by atoms with Gasteiger partial charge in [0.25, 0.3) is 0 Å². The Balaban J connectivity index is 1.69. The quantitative estimate of drug-likeness (QED) is 0.765. The summed E-state index contributed by atoms with van der Waals surface area (Å²) >= 11 is 0. The maximum absolute atomic E-state index is 13.0. The monoisotopic (exact) mass is 402 g/mol. The van der Waals surface area contributed by atoms with Crippen molar-refractivity contribution in [1.29, 1.82) is 0 Å². The maximum Gasteiger partial charge on any atom is 0.241 e. The van der Waals surface area contributed by atoms with Crippen LogP contribution in [0.1, 0.15) is 17.2 Å². The summed E-state index contributed by atoms with van der Waals surface area (Å²) in [5, 5.41) is 3.01. The number of nitrogens with one attached hydrogen (secondary N) is 1. The lowest BCUT2D eigenvalue weighted by Crippen LogP contribution is -2.47. The molecule has 2 aromatic carbocycles. The Bertz CT molecular complexity index is 886. The van der Waals surface area contributed by atoms with Gasteiger partial charge in [0.1, 0.15) is 11.8 Å². The van der Waals surface area contributed by atoms with Crippen molar-refractivity contribution in [2.45, 2.75) is 12.5 Å². The molecule has 0 spiro atoms. The number of benzene rings is 2. The van der Waals surface area contributed by atoms with Crippen LogP contribution in [0.2, 0.25) is 0 Å². The smallest absolute Gasteiger partial charge is 0.241 e. The average Bonchev–Trinajstić information content (AvgIpc) is 2.70. The van der Waals surface area contributed by atoms with E-state index in [2.05, 4.69) is 5.32 Å². The van der Waals surface area contributed by atoms with Gasteiger partial charge in [-0.15, -0.1) is 0 Å². The molecule has 1 amide bonds. The second-order valence-corrected chi connectivity index (χ2v) is 9.16. The van der Waals surface area contributed by atoms with Crippen LogP contribution in [0, 0.1) is 0 Å². The molecule has 1 fully saturated rings. The van der Waals surface area contributed by atoms with Crippen molar-refractivity contribution in [3.05, 3.63) is 65.7 Å². The third kappa shape index (κ3) is 5.11. The van der Waals surface area contributed by atoms with Gasteiger partial charge < -0.3 is 10.1 Å². The SMILES string of the molecule is COc1ccccc1CCNC(=O)C(c1ccccc1)N1CCS(=O)(=O)CC1. The first kappa shape index (κ1) is 20.4. The summed E-state index contributed by atoms with van der Waals surface area (Å²) in [6, 6.07) is 16.8. The van der Waals surface area contributed by atoms with Crippen molar-refractivity contribution >= 4 is 15.7 Å². The Morgan fingerprint density at radius 2 is 1.71 bits per heavy atom. The highest BCUT2D eigenvalue weighted by Crippen LogP contribution is 2.23. The molecule has 6 nitrogen and oxygen atoms in total. The van der Waals surface area contributed by atoms with E-state index in [-0.39, 0.29) is 17.4 Å². The number of ether oxygens (including phenoxy) is 1. The van der Waals surface area contributed by atoms with Crippen LogP contribution in [-0.4, -0.2) is 57.5 Å². The number of para-hydroxylation sites is 1. The van der Waals surface area contributed by atoms with Crippen LogP contribution in [-0.2, 0) is 21.1 Å². The van der Waals surface area contributed by atoms with Crippen molar-refractivity contribution < 1.29 is 17.9 Å². The lowest BCUT2D eigenvalue weighted by molar-refractivity contribution is -0.126. The van der Waals surface area contributed by atoms with Gasteiger partial charge in [-0.2, -0.15) is 0 Å². The average molecular weight is 403 g/mol. The Morgan fingerprint density at radius 3 is 2.39 bits per heavy atom. The highest BCUT2D eigenvalue weighted by molar-refractivity contribution is 7.91. The van der Waals surface area contributed by atoms with Gasteiger partial charge in [-0.05, 0) is 23.6 Å². The summed E-state index contributed by atoms with van der Waals surface area (Å²) in [5.41, 5.74) is 1.90. The molecule has 0 bridgehead atoms. The van der Waals surface area contributed by atoms with Crippen LogP contribution in [0.4, 0.5) is 0 Å². The van der Waals surface area contributed by atoms with E-state index in [9.17, 15) is 13.2 Å². The van der Waals surface area contributed by atoms with Gasteiger partial charge >= 0.3 is 0 Å². The zero-order valence-corrected chi connectivity index (χ0v) is 16.8. The van der Waals surface area contributed by atoms with Crippen molar-refractivity contribution in [1.82, 2.24) is 10.2 Å². The first-order valence-electron chi connectivity index (χ1n) is 9.39. The van der Waals surface area contributed by atoms with Gasteiger partial charge in [0.05, 0.1) is 18.6 Å². The van der Waals surface area contributed by atoms with E-state index in [1.54, 1.807) is 7.11 Å². The molecule has 150 valence electrons. The minimum absolute atomic E-state index is 0.0881. The van der Waals surface area contributed by atoms with E-state index in [4.69, 9.17) is 4.74 Å². The first-order valence-corrected chi connectivity index (χ1v) is 11.2. The molecule has 1 aliphatic heterocycles. The van der Waals surface area contributed by atoms with Gasteiger partial charge in [0, 0.05) is 19.6 Å². The third-order valence-corrected chi connectivity index (χ3v) is 6.60. The molecule has 3 rings (SSSR count). The molecule has 1 aliphatic rings. The summed E-state index contributed by atoms with van der Waals surface area (Å²) in [6.45, 7) is 1.21. The van der Waals surface area contributed by atoms with Crippen molar-refractivity contribution in [3.63, 3.8) is 0 Å². The van der Waals surface area contributed by atoms with Crippen LogP contribution in [0.5, 0.6) is 5.75 Å². The molecule has 0 aliphatic carbocycles. The molecular weight excluding hydrogens is 376 g/mol. The predicted molar refractivity (Wildman–Crippen MR) is 109 cm³/mol. The van der Waals surface area contributed by atoms with E-state index >= 15 is 0 Å². The maximum atomic E-state index is 13.0. The Labute approximate surface area is 166 Å². The molecule has 28 heavy (non-hydrogen) atoms. The standard InChI is InChI=1S/C21H26N2O4S/c1-27-19-10-6-5-7-17(19)11-12-22-21(24)20(18-8-3-2-4-9-18)23-13-15-28(25,26)16-14-23/h2-10,20H,11-16H2,1H3,(H,22,24). The van der Waals surface area contributed by atoms with Crippen LogP contribution in [0.25, 0.3) is 0 Å². The van der Waals surface area contributed by atoms with Gasteiger partial charge in [0.15, 0.2) is 9.84 Å². The van der Waals surface area contributed by atoms with E-state index < -0.39 is 15.9 Å². The van der Waals surface area contributed by atoms with E-state index in [1.165, 1.54) is 0 Å². The fraction of sp³-hybridized carbons (Fsp3) is 0.381. The van der Waals surface area contributed by atoms with Crippen LogP contribution < -0.4 is 10.1 Å². The summed E-state index contributed by atoms with van der Waals surface area (Å²) in [6.07, 6.45) is 0.658. The molecule has 2 aromatic rings. The first-order chi connectivity index (χ1) is 13.5. The van der Waals surface area contributed by atoms with Crippen LogP contribution in [0.3, 0.4) is 0 Å². The summed E-state index contributed by atoms with van der Waals surface area (Å²) in [7, 11) is -1.37. The zero-order valence-electron chi connectivity index (χ0n) is 16.0. The Kier molecular flexibility index (Phi) is 6.70. The predicted octanol–water partition coefficient (Wildman–Crippen LogP) is 1.83. The number of nitrogens with zero attached hydrogens (tertiary/aromatic N) is 1. The summed E-state index contributed by atoms with van der Waals surface area (Å²) in [4.78, 5) is 15.0. The van der Waals surface area contributed by atoms with Gasteiger partial charge in [0.2, 0.25) is 5.91 Å². The molecule has 0 radical (unpaired) electrons. The number of rotatable bonds is 7. The zero-order chi connectivity index (χ0) is 20.0. The molecule has 0 saturated carbocycles. The minimum atomic E-state index is -3.01. The number of carbonyl (C=O) groups is 1. The van der Waals surface area contributed by atoms with Crippen molar-refractivity contribution in [3.8, 4) is 5.75 Å². The molecule has 1 heterocycles. The summed E-state index contributed by atoms with van der Waals surface area (Å²) < 4.78 is 28.9. The largest absolute Gasteiger partial charge is 0.496 e. The van der Waals surface area contributed by atoms with E-state index in [0.29, 0.717) is 26.1 Å². The molecule has 1 saturated heterocycles. The molecular formula is C21H26N2O4S. The number of sulfone groups is 1. The highest BCUT2D eigenvalue weighted by Gasteiger charge is 2.32. The van der Waals surface area contributed by atoms with Crippen LogP contribution >= 0.6 is 0 Å². The molecule has 1 N–H and O–H groups in total. The minimum Gasteiger partial charge on any atom is -0.496 e. The molecule has 1 unspecified atom stereocenters. The lowest BCUT2D eigenvalue weighted by atomic mass is 10.0. The van der Waals surface area contributed by atoms with Gasteiger partial charge in [-0.3, -0.25) is 9.69 Å². The van der Waals surface area contributed by atoms with Crippen LogP contribution in [0.15, 0.2) is 54.6 Å². The fourth-order valence-corrected chi connectivity index (χ4v) is 4.70. The second-order valence-electron chi connectivity index (χ2n) is 6.85. The Hall–Kier alpha value is -2.38.